The third-order valence-corrected chi connectivity index (χ3v) is 10.3. The van der Waals surface area contributed by atoms with E-state index in [1.807, 2.05) is 6.92 Å². The molecule has 9 atom stereocenters. The average Bonchev–Trinajstić information content (AvgIpc) is 3.01. The monoisotopic (exact) mass is 419 g/mol. The minimum absolute atomic E-state index is 0.158. The first-order valence-electron chi connectivity index (χ1n) is 13.0. The third-order valence-electron chi connectivity index (χ3n) is 10.3. The Hall–Kier alpha value is -0.570. The van der Waals surface area contributed by atoms with Crippen molar-refractivity contribution < 1.29 is 9.90 Å². The lowest BCUT2D eigenvalue weighted by molar-refractivity contribution is -0.143. The second-order valence-electron chi connectivity index (χ2n) is 12.5. The molecule has 3 aliphatic rings. The summed E-state index contributed by atoms with van der Waals surface area (Å²) in [5.74, 6) is 4.17. The molecule has 3 nitrogen and oxygen atoms in total. The number of amides is 1. The molecule has 1 unspecified atom stereocenters. The van der Waals surface area contributed by atoms with E-state index in [1.165, 1.54) is 51.4 Å². The van der Waals surface area contributed by atoms with Gasteiger partial charge in [0.25, 0.3) is 0 Å². The van der Waals surface area contributed by atoms with Crippen LogP contribution in [0.3, 0.4) is 0 Å². The van der Waals surface area contributed by atoms with E-state index in [-0.39, 0.29) is 23.3 Å². The lowest BCUT2D eigenvalue weighted by Gasteiger charge is -2.59. The fourth-order valence-electron chi connectivity index (χ4n) is 8.51. The standard InChI is InChI=1S/C27H49NO2/c1-17(2)8-7-9-18(3)21-11-12-22-20-10-13-24(29)27(6,16-19(4)25(28)30)23(20)14-15-26(21,22)5/h17-24,29H,7-16H2,1-6H3,(H2,28,30)/t18-,19?,20+,21-,22+,23+,24-,26-,27-/m1/s1. The Bertz CT molecular complexity index is 604. The summed E-state index contributed by atoms with van der Waals surface area (Å²) in [7, 11) is 0. The van der Waals surface area contributed by atoms with Crippen LogP contribution in [0.1, 0.15) is 106 Å². The minimum atomic E-state index is -0.294. The molecule has 0 aliphatic heterocycles. The van der Waals surface area contributed by atoms with Crippen LogP contribution in [0.25, 0.3) is 0 Å². The zero-order chi connectivity index (χ0) is 22.3. The predicted octanol–water partition coefficient (Wildman–Crippen LogP) is 6.18. The molecule has 174 valence electrons. The lowest BCUT2D eigenvalue weighted by atomic mass is 9.47. The Morgan fingerprint density at radius 1 is 1.00 bits per heavy atom. The van der Waals surface area contributed by atoms with Gasteiger partial charge in [0.1, 0.15) is 0 Å². The van der Waals surface area contributed by atoms with E-state index in [1.54, 1.807) is 0 Å². The molecule has 0 aromatic carbocycles. The Kier molecular flexibility index (Phi) is 7.32. The SMILES string of the molecule is CC(C)CCC[C@@H](C)[C@H]1CC[C@H]2[C@@H]3CC[C@@H](O)[C@](C)(CC(C)C(N)=O)[C@H]3CC[C@]12C. The molecule has 0 radical (unpaired) electrons. The number of primary amides is 1. The van der Waals surface area contributed by atoms with Crippen molar-refractivity contribution in [2.24, 2.45) is 58.0 Å². The molecule has 0 bridgehead atoms. The van der Waals surface area contributed by atoms with E-state index >= 15 is 0 Å². The summed E-state index contributed by atoms with van der Waals surface area (Å²) in [6.45, 7) is 14.0. The van der Waals surface area contributed by atoms with Gasteiger partial charge in [-0.1, -0.05) is 60.8 Å². The van der Waals surface area contributed by atoms with Crippen molar-refractivity contribution in [1.29, 1.82) is 0 Å². The third kappa shape index (κ3) is 4.34. The van der Waals surface area contributed by atoms with E-state index in [9.17, 15) is 9.90 Å². The van der Waals surface area contributed by atoms with Gasteiger partial charge in [-0.25, -0.2) is 0 Å². The second-order valence-corrected chi connectivity index (χ2v) is 12.5. The van der Waals surface area contributed by atoms with Gasteiger partial charge < -0.3 is 10.8 Å². The normalized spacial score (nSPS) is 43.1. The molecule has 0 aromatic rings. The van der Waals surface area contributed by atoms with Crippen LogP contribution in [-0.4, -0.2) is 17.1 Å². The summed E-state index contributed by atoms with van der Waals surface area (Å²) in [6, 6.07) is 0. The number of hydrogen-bond donors (Lipinski definition) is 2. The molecule has 3 fully saturated rings. The van der Waals surface area contributed by atoms with Crippen LogP contribution in [-0.2, 0) is 4.79 Å². The molecule has 3 rings (SSSR count). The fourth-order valence-corrected chi connectivity index (χ4v) is 8.51. The molecule has 0 saturated heterocycles. The first kappa shape index (κ1) is 24.1. The van der Waals surface area contributed by atoms with Crippen molar-refractivity contribution in [3.63, 3.8) is 0 Å². The van der Waals surface area contributed by atoms with Gasteiger partial charge in [0.05, 0.1) is 6.10 Å². The van der Waals surface area contributed by atoms with Crippen molar-refractivity contribution >= 4 is 5.91 Å². The largest absolute Gasteiger partial charge is 0.393 e. The van der Waals surface area contributed by atoms with Gasteiger partial charge in [0, 0.05) is 5.92 Å². The highest BCUT2D eigenvalue weighted by molar-refractivity contribution is 5.76. The van der Waals surface area contributed by atoms with Crippen molar-refractivity contribution in [3.8, 4) is 0 Å². The zero-order valence-electron chi connectivity index (χ0n) is 20.6. The molecule has 30 heavy (non-hydrogen) atoms. The van der Waals surface area contributed by atoms with E-state index in [2.05, 4.69) is 34.6 Å². The maximum atomic E-state index is 11.8. The number of fused-ring (bicyclic) bond motifs is 3. The fraction of sp³-hybridized carbons (Fsp3) is 0.963. The maximum Gasteiger partial charge on any atom is 0.220 e. The maximum absolute atomic E-state index is 11.8. The van der Waals surface area contributed by atoms with Gasteiger partial charge in [-0.3, -0.25) is 4.79 Å². The number of carbonyl (C=O) groups excluding carboxylic acids is 1. The highest BCUT2D eigenvalue weighted by Crippen LogP contribution is 2.66. The first-order chi connectivity index (χ1) is 14.0. The van der Waals surface area contributed by atoms with E-state index < -0.39 is 0 Å². The van der Waals surface area contributed by atoms with Crippen LogP contribution < -0.4 is 5.73 Å². The summed E-state index contributed by atoms with van der Waals surface area (Å²) in [5, 5.41) is 11.0. The molecular formula is C27H49NO2. The predicted molar refractivity (Wildman–Crippen MR) is 125 cm³/mol. The summed E-state index contributed by atoms with van der Waals surface area (Å²) < 4.78 is 0. The topological polar surface area (TPSA) is 63.3 Å². The van der Waals surface area contributed by atoms with Crippen LogP contribution in [0.2, 0.25) is 0 Å². The molecule has 3 aliphatic carbocycles. The zero-order valence-corrected chi connectivity index (χ0v) is 20.6. The quantitative estimate of drug-likeness (QED) is 0.493. The Morgan fingerprint density at radius 3 is 2.33 bits per heavy atom. The Morgan fingerprint density at radius 2 is 1.70 bits per heavy atom. The summed E-state index contributed by atoms with van der Waals surface area (Å²) in [6.07, 6.45) is 11.9. The van der Waals surface area contributed by atoms with E-state index in [0.717, 1.165) is 36.5 Å². The van der Waals surface area contributed by atoms with Crippen LogP contribution >= 0.6 is 0 Å². The smallest absolute Gasteiger partial charge is 0.220 e. The van der Waals surface area contributed by atoms with Gasteiger partial charge in [0.2, 0.25) is 5.91 Å². The number of rotatable bonds is 8. The molecule has 3 saturated carbocycles. The van der Waals surface area contributed by atoms with Crippen LogP contribution in [0, 0.1) is 52.3 Å². The van der Waals surface area contributed by atoms with Crippen molar-refractivity contribution in [2.45, 2.75) is 112 Å². The molecule has 0 aromatic heterocycles. The minimum Gasteiger partial charge on any atom is -0.393 e. The van der Waals surface area contributed by atoms with Gasteiger partial charge >= 0.3 is 0 Å². The Labute approximate surface area is 186 Å². The highest BCUT2D eigenvalue weighted by atomic mass is 16.3. The van der Waals surface area contributed by atoms with E-state index in [0.29, 0.717) is 17.3 Å². The number of aliphatic hydroxyl groups is 1. The van der Waals surface area contributed by atoms with Crippen molar-refractivity contribution in [2.75, 3.05) is 0 Å². The first-order valence-corrected chi connectivity index (χ1v) is 13.0. The molecular weight excluding hydrogens is 370 g/mol. The van der Waals surface area contributed by atoms with Crippen LogP contribution in [0.5, 0.6) is 0 Å². The number of aliphatic hydroxyl groups excluding tert-OH is 1. The Balaban J connectivity index is 1.74. The van der Waals surface area contributed by atoms with Gasteiger partial charge in [-0.2, -0.15) is 0 Å². The van der Waals surface area contributed by atoms with Gasteiger partial charge in [-0.05, 0) is 91.3 Å². The molecule has 3 heteroatoms. The number of carbonyl (C=O) groups is 1. The molecule has 3 N–H and O–H groups in total. The van der Waals surface area contributed by atoms with Crippen molar-refractivity contribution in [1.82, 2.24) is 0 Å². The second kappa shape index (κ2) is 9.12. The molecule has 1 amide bonds. The highest BCUT2D eigenvalue weighted by Gasteiger charge is 2.60. The lowest BCUT2D eigenvalue weighted by Crippen LogP contribution is -2.55. The average molecular weight is 420 g/mol. The summed E-state index contributed by atoms with van der Waals surface area (Å²) in [5.41, 5.74) is 5.92. The van der Waals surface area contributed by atoms with Gasteiger partial charge in [-0.15, -0.1) is 0 Å². The van der Waals surface area contributed by atoms with Crippen molar-refractivity contribution in [3.05, 3.63) is 0 Å². The van der Waals surface area contributed by atoms with Crippen LogP contribution in [0.15, 0.2) is 0 Å². The van der Waals surface area contributed by atoms with Gasteiger partial charge in [0.15, 0.2) is 0 Å². The van der Waals surface area contributed by atoms with Crippen LogP contribution in [0.4, 0.5) is 0 Å². The van der Waals surface area contributed by atoms with E-state index in [4.69, 9.17) is 5.73 Å². The number of nitrogens with two attached hydrogens (primary N) is 1. The molecule has 0 spiro atoms. The summed E-state index contributed by atoms with van der Waals surface area (Å²) >= 11 is 0. The summed E-state index contributed by atoms with van der Waals surface area (Å²) in [4.78, 5) is 11.8. The molecule has 0 heterocycles. The number of hydrogen-bond acceptors (Lipinski definition) is 2.